The number of nitrogens with zero attached hydrogens (tertiary/aromatic N) is 1. The van der Waals surface area contributed by atoms with Crippen LogP contribution in [0.15, 0.2) is 29.1 Å². The molecule has 118 valence electrons. The molecule has 4 rings (SSSR count). The molecule has 1 aliphatic carbocycles. The summed E-state index contributed by atoms with van der Waals surface area (Å²) < 4.78 is 5.38. The Hall–Kier alpha value is -2.14. The molecule has 1 aromatic carbocycles. The maximum absolute atomic E-state index is 12.6. The zero-order valence-electron chi connectivity index (χ0n) is 13.0. The van der Waals surface area contributed by atoms with Crippen molar-refractivity contribution in [3.8, 4) is 5.75 Å². The fourth-order valence-electron chi connectivity index (χ4n) is 3.32. The van der Waals surface area contributed by atoms with Crippen LogP contribution in [0.3, 0.4) is 0 Å². The number of ether oxygens (including phenoxy) is 1. The van der Waals surface area contributed by atoms with E-state index >= 15 is 0 Å². The molecule has 0 bridgehead atoms. The van der Waals surface area contributed by atoms with E-state index in [4.69, 9.17) is 9.72 Å². The van der Waals surface area contributed by atoms with Gasteiger partial charge in [0.15, 0.2) is 0 Å². The zero-order chi connectivity index (χ0) is 15.8. The Morgan fingerprint density at radius 3 is 2.96 bits per heavy atom. The van der Waals surface area contributed by atoms with Gasteiger partial charge in [-0.15, -0.1) is 11.3 Å². The van der Waals surface area contributed by atoms with Gasteiger partial charge in [-0.2, -0.15) is 0 Å². The molecule has 4 nitrogen and oxygen atoms in total. The summed E-state index contributed by atoms with van der Waals surface area (Å²) in [6.45, 7) is 0. The molecule has 0 atom stereocenters. The van der Waals surface area contributed by atoms with Crippen LogP contribution in [0.25, 0.3) is 10.2 Å². The second kappa shape index (κ2) is 5.81. The van der Waals surface area contributed by atoms with Crippen molar-refractivity contribution >= 4 is 21.6 Å². The minimum absolute atomic E-state index is 0.000650. The van der Waals surface area contributed by atoms with E-state index < -0.39 is 0 Å². The van der Waals surface area contributed by atoms with Crippen LogP contribution in [0.4, 0.5) is 0 Å². The molecular weight excluding hydrogens is 308 g/mol. The Balaban J connectivity index is 1.78. The summed E-state index contributed by atoms with van der Waals surface area (Å²) in [4.78, 5) is 22.5. The van der Waals surface area contributed by atoms with Crippen LogP contribution in [0, 0.1) is 0 Å². The third kappa shape index (κ3) is 2.55. The molecule has 0 saturated carbocycles. The first-order valence-corrected chi connectivity index (χ1v) is 8.73. The number of benzene rings is 1. The van der Waals surface area contributed by atoms with Crippen LogP contribution in [-0.4, -0.2) is 17.1 Å². The van der Waals surface area contributed by atoms with E-state index in [0.29, 0.717) is 12.2 Å². The van der Waals surface area contributed by atoms with Crippen molar-refractivity contribution in [1.29, 1.82) is 0 Å². The maximum Gasteiger partial charge on any atom is 0.259 e. The van der Waals surface area contributed by atoms with Crippen molar-refractivity contribution in [1.82, 2.24) is 9.97 Å². The van der Waals surface area contributed by atoms with Gasteiger partial charge in [0.1, 0.15) is 16.4 Å². The van der Waals surface area contributed by atoms with Crippen LogP contribution < -0.4 is 10.3 Å². The predicted octanol–water partition coefficient (Wildman–Crippen LogP) is 3.46. The summed E-state index contributed by atoms with van der Waals surface area (Å²) in [7, 11) is 1.66. The second-order valence-electron chi connectivity index (χ2n) is 5.89. The average Bonchev–Trinajstić information content (AvgIpc) is 2.94. The van der Waals surface area contributed by atoms with Crippen molar-refractivity contribution in [2.24, 2.45) is 0 Å². The van der Waals surface area contributed by atoms with Crippen molar-refractivity contribution in [2.75, 3.05) is 7.11 Å². The Kier molecular flexibility index (Phi) is 3.65. The van der Waals surface area contributed by atoms with Crippen LogP contribution in [-0.2, 0) is 19.3 Å². The van der Waals surface area contributed by atoms with Crippen molar-refractivity contribution < 1.29 is 4.74 Å². The van der Waals surface area contributed by atoms with Crippen LogP contribution in [0.5, 0.6) is 5.75 Å². The van der Waals surface area contributed by atoms with Gasteiger partial charge in [0.05, 0.1) is 12.5 Å². The van der Waals surface area contributed by atoms with E-state index in [-0.39, 0.29) is 5.56 Å². The number of hydrogen-bond donors (Lipinski definition) is 1. The zero-order valence-corrected chi connectivity index (χ0v) is 13.8. The summed E-state index contributed by atoms with van der Waals surface area (Å²) in [5, 5.41) is 0.813. The lowest BCUT2D eigenvalue weighted by atomic mass is 9.97. The molecule has 5 heteroatoms. The molecule has 3 aromatic rings. The molecule has 0 radical (unpaired) electrons. The molecule has 0 aliphatic heterocycles. The number of hydrogen-bond acceptors (Lipinski definition) is 4. The number of thiophene rings is 1. The second-order valence-corrected chi connectivity index (χ2v) is 6.98. The van der Waals surface area contributed by atoms with Gasteiger partial charge in [0.25, 0.3) is 5.56 Å². The Labute approximate surface area is 138 Å². The van der Waals surface area contributed by atoms with Gasteiger partial charge in [-0.25, -0.2) is 4.98 Å². The Bertz CT molecular complexity index is 926. The summed E-state index contributed by atoms with van der Waals surface area (Å²) in [5.74, 6) is 1.52. The molecule has 2 heterocycles. The van der Waals surface area contributed by atoms with Crippen LogP contribution in [0.2, 0.25) is 0 Å². The van der Waals surface area contributed by atoms with Gasteiger partial charge >= 0.3 is 0 Å². The third-order valence-electron chi connectivity index (χ3n) is 4.42. The number of aromatic amines is 1. The van der Waals surface area contributed by atoms with E-state index in [2.05, 4.69) is 4.98 Å². The quantitative estimate of drug-likeness (QED) is 0.802. The predicted molar refractivity (Wildman–Crippen MR) is 92.7 cm³/mol. The highest BCUT2D eigenvalue weighted by Crippen LogP contribution is 2.33. The van der Waals surface area contributed by atoms with Gasteiger partial charge in [-0.1, -0.05) is 18.2 Å². The lowest BCUT2D eigenvalue weighted by Gasteiger charge is -2.09. The highest BCUT2D eigenvalue weighted by atomic mass is 32.1. The first-order chi connectivity index (χ1) is 11.3. The molecule has 23 heavy (non-hydrogen) atoms. The monoisotopic (exact) mass is 326 g/mol. The number of aromatic nitrogens is 2. The number of rotatable bonds is 3. The number of H-pyrrole nitrogens is 1. The molecule has 0 fully saturated rings. The van der Waals surface area contributed by atoms with Gasteiger partial charge in [0, 0.05) is 16.9 Å². The molecule has 1 N–H and O–H groups in total. The number of methoxy groups -OCH3 is 1. The third-order valence-corrected chi connectivity index (χ3v) is 5.61. The number of aryl methyl sites for hydroxylation is 2. The highest BCUT2D eigenvalue weighted by molar-refractivity contribution is 7.18. The van der Waals surface area contributed by atoms with Gasteiger partial charge in [-0.3, -0.25) is 4.79 Å². The summed E-state index contributed by atoms with van der Waals surface area (Å²) in [5.41, 5.74) is 2.26. The van der Waals surface area contributed by atoms with E-state index in [1.54, 1.807) is 18.4 Å². The molecule has 2 aromatic heterocycles. The first-order valence-electron chi connectivity index (χ1n) is 7.91. The number of para-hydroxylation sites is 1. The minimum atomic E-state index is -0.000650. The molecule has 0 saturated heterocycles. The van der Waals surface area contributed by atoms with Crippen molar-refractivity contribution in [2.45, 2.75) is 32.1 Å². The fourth-order valence-corrected chi connectivity index (χ4v) is 4.60. The van der Waals surface area contributed by atoms with Gasteiger partial charge in [0.2, 0.25) is 0 Å². The molecule has 1 aliphatic rings. The molecule has 0 unspecified atom stereocenters. The van der Waals surface area contributed by atoms with Crippen LogP contribution in [0.1, 0.15) is 34.7 Å². The number of nitrogens with one attached hydrogen (secondary N) is 1. The lowest BCUT2D eigenvalue weighted by molar-refractivity contribution is 0.410. The first kappa shape index (κ1) is 14.5. The summed E-state index contributed by atoms with van der Waals surface area (Å²) in [6.07, 6.45) is 5.04. The standard InChI is InChI=1S/C18H18N2O2S/c1-22-13-8-4-2-6-11(13)10-15-19-17(21)16-12-7-3-5-9-14(12)23-18(16)20-15/h2,4,6,8H,3,5,7,9-10H2,1H3,(H,19,20,21). The van der Waals surface area contributed by atoms with Crippen LogP contribution >= 0.6 is 11.3 Å². The smallest absolute Gasteiger partial charge is 0.259 e. The average molecular weight is 326 g/mol. The summed E-state index contributed by atoms with van der Waals surface area (Å²) in [6, 6.07) is 7.84. The molecular formula is C18H18N2O2S. The summed E-state index contributed by atoms with van der Waals surface area (Å²) >= 11 is 1.69. The largest absolute Gasteiger partial charge is 0.496 e. The SMILES string of the molecule is COc1ccccc1Cc1nc2sc3c(c2c(=O)[nH]1)CCCC3. The van der Waals surface area contributed by atoms with Gasteiger partial charge < -0.3 is 9.72 Å². The van der Waals surface area contributed by atoms with E-state index in [9.17, 15) is 4.79 Å². The Morgan fingerprint density at radius 1 is 1.26 bits per heavy atom. The van der Waals surface area contributed by atoms with E-state index in [1.165, 1.54) is 23.3 Å². The van der Waals surface area contributed by atoms with Crippen molar-refractivity contribution in [3.63, 3.8) is 0 Å². The van der Waals surface area contributed by atoms with E-state index in [1.807, 2.05) is 24.3 Å². The molecule has 0 amide bonds. The fraction of sp³-hybridized carbons (Fsp3) is 0.333. The minimum Gasteiger partial charge on any atom is -0.496 e. The topological polar surface area (TPSA) is 55.0 Å². The highest BCUT2D eigenvalue weighted by Gasteiger charge is 2.20. The normalized spacial score (nSPS) is 14.0. The van der Waals surface area contributed by atoms with Gasteiger partial charge in [-0.05, 0) is 37.3 Å². The number of fused-ring (bicyclic) bond motifs is 3. The molecule has 0 spiro atoms. The van der Waals surface area contributed by atoms with E-state index in [0.717, 1.165) is 34.4 Å². The Morgan fingerprint density at radius 2 is 2.09 bits per heavy atom. The van der Waals surface area contributed by atoms with Crippen molar-refractivity contribution in [3.05, 3.63) is 56.4 Å². The maximum atomic E-state index is 12.6. The lowest BCUT2D eigenvalue weighted by Crippen LogP contribution is -2.13.